The maximum absolute atomic E-state index is 12.3. The Hall–Kier alpha value is -2.41. The van der Waals surface area contributed by atoms with Gasteiger partial charge in [-0.05, 0) is 38.8 Å². The normalized spacial score (nSPS) is 19.0. The predicted octanol–water partition coefficient (Wildman–Crippen LogP) is 1.34. The molecule has 3 N–H and O–H groups in total. The molecule has 1 aliphatic rings. The topological polar surface area (TPSA) is 91.8 Å². The van der Waals surface area contributed by atoms with Crippen LogP contribution in [0.4, 0.5) is 5.95 Å². The van der Waals surface area contributed by atoms with Crippen molar-refractivity contribution in [3.8, 4) is 0 Å². The molecule has 0 spiro atoms. The van der Waals surface area contributed by atoms with Crippen molar-refractivity contribution in [2.24, 2.45) is 0 Å². The number of benzene rings is 1. The fourth-order valence-electron chi connectivity index (χ4n) is 3.10. The molecular formula is C17H23N5O2. The van der Waals surface area contributed by atoms with Crippen LogP contribution >= 0.6 is 0 Å². The molecule has 0 radical (unpaired) electrons. The highest BCUT2D eigenvalue weighted by molar-refractivity contribution is 5.32. The first-order valence-corrected chi connectivity index (χ1v) is 8.31. The van der Waals surface area contributed by atoms with Crippen LogP contribution in [0.5, 0.6) is 0 Å². The molecule has 24 heavy (non-hydrogen) atoms. The van der Waals surface area contributed by atoms with Gasteiger partial charge in [0.1, 0.15) is 0 Å². The van der Waals surface area contributed by atoms with Crippen molar-refractivity contribution >= 4 is 5.95 Å². The minimum absolute atomic E-state index is 0.0698. The molecule has 1 fully saturated rings. The van der Waals surface area contributed by atoms with Crippen LogP contribution in [0.25, 0.3) is 0 Å². The number of rotatable bonds is 4. The number of aromatic nitrogens is 3. The standard InChI is InChI=1S/C17H23N5O2/c1-11-5-3-6-13(9-11)12(2)19-15-20-16(23)22(17(24)21-15)14-7-4-8-18-10-14/h3,5-6,9,12,14,18H,4,7-8,10H2,1-2H3,(H2,19,20,21,23,24)/t12-,14?/m0/s1. The number of piperidine rings is 1. The Morgan fingerprint density at radius 1 is 1.38 bits per heavy atom. The fourth-order valence-corrected chi connectivity index (χ4v) is 3.10. The summed E-state index contributed by atoms with van der Waals surface area (Å²) in [6, 6.07) is 7.86. The lowest BCUT2D eigenvalue weighted by Gasteiger charge is -2.23. The maximum Gasteiger partial charge on any atom is 0.355 e. The van der Waals surface area contributed by atoms with Crippen LogP contribution in [0.3, 0.4) is 0 Å². The van der Waals surface area contributed by atoms with E-state index in [-0.39, 0.29) is 18.0 Å². The Balaban J connectivity index is 1.82. The number of nitrogens with one attached hydrogen (secondary N) is 3. The summed E-state index contributed by atoms with van der Waals surface area (Å²) in [5.41, 5.74) is 1.30. The third-order valence-electron chi connectivity index (χ3n) is 4.39. The van der Waals surface area contributed by atoms with Crippen LogP contribution in [0.15, 0.2) is 33.9 Å². The van der Waals surface area contributed by atoms with Gasteiger partial charge in [0.05, 0.1) is 12.1 Å². The highest BCUT2D eigenvalue weighted by atomic mass is 16.2. The molecular weight excluding hydrogens is 306 g/mol. The summed E-state index contributed by atoms with van der Waals surface area (Å²) in [6.07, 6.45) is 1.76. The van der Waals surface area contributed by atoms with Gasteiger partial charge in [0.15, 0.2) is 0 Å². The summed E-state index contributed by atoms with van der Waals surface area (Å²) >= 11 is 0. The lowest BCUT2D eigenvalue weighted by atomic mass is 10.1. The largest absolute Gasteiger partial charge is 0.355 e. The highest BCUT2D eigenvalue weighted by Gasteiger charge is 2.20. The van der Waals surface area contributed by atoms with E-state index in [1.165, 1.54) is 4.57 Å². The molecule has 0 bridgehead atoms. The van der Waals surface area contributed by atoms with Crippen LogP contribution in [0.2, 0.25) is 0 Å². The lowest BCUT2D eigenvalue weighted by molar-refractivity contribution is 0.349. The van der Waals surface area contributed by atoms with Gasteiger partial charge in [-0.3, -0.25) is 4.98 Å². The van der Waals surface area contributed by atoms with E-state index in [4.69, 9.17) is 0 Å². The first kappa shape index (κ1) is 16.4. The number of aromatic amines is 1. The van der Waals surface area contributed by atoms with Gasteiger partial charge in [-0.15, -0.1) is 0 Å². The maximum atomic E-state index is 12.3. The van der Waals surface area contributed by atoms with Crippen molar-refractivity contribution < 1.29 is 0 Å². The molecule has 1 aromatic heterocycles. The quantitative estimate of drug-likeness (QED) is 0.787. The van der Waals surface area contributed by atoms with Crippen molar-refractivity contribution in [3.05, 3.63) is 56.4 Å². The molecule has 2 atom stereocenters. The zero-order valence-corrected chi connectivity index (χ0v) is 14.0. The molecule has 1 aliphatic heterocycles. The average Bonchev–Trinajstić information content (AvgIpc) is 2.55. The van der Waals surface area contributed by atoms with E-state index in [9.17, 15) is 9.59 Å². The third-order valence-corrected chi connectivity index (χ3v) is 4.39. The second-order valence-electron chi connectivity index (χ2n) is 6.32. The van der Waals surface area contributed by atoms with E-state index in [1.807, 2.05) is 32.0 Å². The summed E-state index contributed by atoms with van der Waals surface area (Å²) in [4.78, 5) is 31.3. The van der Waals surface area contributed by atoms with Crippen molar-refractivity contribution in [2.75, 3.05) is 18.4 Å². The van der Waals surface area contributed by atoms with Crippen molar-refractivity contribution in [3.63, 3.8) is 0 Å². The molecule has 1 aromatic carbocycles. The van der Waals surface area contributed by atoms with Gasteiger partial charge in [0, 0.05) is 6.54 Å². The number of H-pyrrole nitrogens is 1. The van der Waals surface area contributed by atoms with Crippen molar-refractivity contribution in [2.45, 2.75) is 38.8 Å². The van der Waals surface area contributed by atoms with E-state index in [1.54, 1.807) is 0 Å². The van der Waals surface area contributed by atoms with Gasteiger partial charge in [0.2, 0.25) is 5.95 Å². The molecule has 1 unspecified atom stereocenters. The van der Waals surface area contributed by atoms with Gasteiger partial charge < -0.3 is 10.6 Å². The SMILES string of the molecule is Cc1cccc([C@H](C)Nc2nc(=O)n(C3CCCNC3)c(=O)[nH]2)c1. The van der Waals surface area contributed by atoms with E-state index in [0.29, 0.717) is 6.54 Å². The van der Waals surface area contributed by atoms with E-state index < -0.39 is 11.4 Å². The zero-order chi connectivity index (χ0) is 17.1. The first-order chi connectivity index (χ1) is 11.5. The van der Waals surface area contributed by atoms with Crippen LogP contribution in [-0.4, -0.2) is 27.6 Å². The molecule has 7 nitrogen and oxygen atoms in total. The minimum atomic E-state index is -0.508. The average molecular weight is 329 g/mol. The summed E-state index contributed by atoms with van der Waals surface area (Å²) in [7, 11) is 0. The van der Waals surface area contributed by atoms with Gasteiger partial charge >= 0.3 is 11.4 Å². The summed E-state index contributed by atoms with van der Waals surface area (Å²) in [5.74, 6) is 0.207. The highest BCUT2D eigenvalue weighted by Crippen LogP contribution is 2.17. The molecule has 1 saturated heterocycles. The van der Waals surface area contributed by atoms with Gasteiger partial charge in [-0.2, -0.15) is 4.98 Å². The molecule has 0 saturated carbocycles. The Kier molecular flexibility index (Phi) is 4.80. The molecule has 128 valence electrons. The second kappa shape index (κ2) is 7.00. The predicted molar refractivity (Wildman–Crippen MR) is 93.5 cm³/mol. The Labute approximate surface area is 140 Å². The van der Waals surface area contributed by atoms with E-state index >= 15 is 0 Å². The molecule has 0 aliphatic carbocycles. The monoisotopic (exact) mass is 329 g/mol. The van der Waals surface area contributed by atoms with Crippen LogP contribution in [-0.2, 0) is 0 Å². The summed E-state index contributed by atoms with van der Waals surface area (Å²) in [5, 5.41) is 6.31. The third kappa shape index (κ3) is 3.56. The number of hydrogen-bond donors (Lipinski definition) is 3. The molecule has 2 heterocycles. The van der Waals surface area contributed by atoms with E-state index in [2.05, 4.69) is 26.7 Å². The molecule has 3 rings (SSSR count). The van der Waals surface area contributed by atoms with Crippen LogP contribution in [0, 0.1) is 6.92 Å². The van der Waals surface area contributed by atoms with E-state index in [0.717, 1.165) is 30.5 Å². The van der Waals surface area contributed by atoms with Crippen LogP contribution < -0.4 is 22.0 Å². The van der Waals surface area contributed by atoms with Crippen molar-refractivity contribution in [1.82, 2.24) is 19.9 Å². The van der Waals surface area contributed by atoms with Crippen molar-refractivity contribution in [1.29, 1.82) is 0 Å². The van der Waals surface area contributed by atoms with Crippen LogP contribution in [0.1, 0.15) is 43.0 Å². The summed E-state index contributed by atoms with van der Waals surface area (Å²) in [6.45, 7) is 5.53. The van der Waals surface area contributed by atoms with Gasteiger partial charge in [0.25, 0.3) is 0 Å². The lowest BCUT2D eigenvalue weighted by Crippen LogP contribution is -2.45. The summed E-state index contributed by atoms with van der Waals surface area (Å²) < 4.78 is 1.22. The fraction of sp³-hybridized carbons (Fsp3) is 0.471. The molecule has 0 amide bonds. The number of hydrogen-bond acceptors (Lipinski definition) is 5. The number of aryl methyl sites for hydroxylation is 1. The molecule has 2 aromatic rings. The number of anilines is 1. The second-order valence-corrected chi connectivity index (χ2v) is 6.32. The zero-order valence-electron chi connectivity index (χ0n) is 14.0. The Bertz CT molecular complexity index is 789. The Morgan fingerprint density at radius 2 is 2.21 bits per heavy atom. The molecule has 7 heteroatoms. The number of nitrogens with zero attached hydrogens (tertiary/aromatic N) is 2. The Morgan fingerprint density at radius 3 is 2.88 bits per heavy atom. The first-order valence-electron chi connectivity index (χ1n) is 8.31. The van der Waals surface area contributed by atoms with Gasteiger partial charge in [-0.25, -0.2) is 14.2 Å². The van der Waals surface area contributed by atoms with Gasteiger partial charge in [-0.1, -0.05) is 29.8 Å². The minimum Gasteiger partial charge on any atom is -0.349 e. The smallest absolute Gasteiger partial charge is 0.349 e.